The number of aryl methyl sites for hydroxylation is 1. The van der Waals surface area contributed by atoms with E-state index in [4.69, 9.17) is 11.0 Å². The van der Waals surface area contributed by atoms with E-state index in [9.17, 15) is 5.11 Å². The van der Waals surface area contributed by atoms with Crippen LogP contribution in [0.1, 0.15) is 38.8 Å². The Morgan fingerprint density at radius 2 is 1.82 bits per heavy atom. The molecule has 1 unspecified atom stereocenters. The van der Waals surface area contributed by atoms with Crippen LogP contribution in [0.4, 0.5) is 0 Å². The van der Waals surface area contributed by atoms with Gasteiger partial charge in [-0.15, -0.1) is 0 Å². The second-order valence-electron chi connectivity index (χ2n) is 3.06. The van der Waals surface area contributed by atoms with Crippen molar-refractivity contribution in [3.05, 3.63) is 29.3 Å². The molecule has 0 spiro atoms. The van der Waals surface area contributed by atoms with Crippen LogP contribution in [0, 0.1) is 18.3 Å². The molecule has 96 valence electrons. The van der Waals surface area contributed by atoms with Crippen LogP contribution in [0.25, 0.3) is 0 Å². The predicted octanol–water partition coefficient (Wildman–Crippen LogP) is 3.15. The zero-order valence-corrected chi connectivity index (χ0v) is 11.5. The lowest BCUT2D eigenvalue weighted by atomic mass is 10.0. The van der Waals surface area contributed by atoms with Crippen LogP contribution in [0.2, 0.25) is 0 Å². The molecule has 3 N–H and O–H groups in total. The van der Waals surface area contributed by atoms with E-state index in [1.807, 2.05) is 46.8 Å². The highest BCUT2D eigenvalue weighted by Crippen LogP contribution is 2.17. The van der Waals surface area contributed by atoms with Crippen LogP contribution in [0.15, 0.2) is 18.2 Å². The van der Waals surface area contributed by atoms with Gasteiger partial charge in [0.1, 0.15) is 5.75 Å². The minimum absolute atomic E-state index is 0.272. The van der Waals surface area contributed by atoms with Gasteiger partial charge >= 0.3 is 0 Å². The van der Waals surface area contributed by atoms with Crippen molar-refractivity contribution in [2.24, 2.45) is 5.73 Å². The topological polar surface area (TPSA) is 70.0 Å². The second kappa shape index (κ2) is 11.0. The summed E-state index contributed by atoms with van der Waals surface area (Å²) in [5.41, 5.74) is 7.25. The van der Waals surface area contributed by atoms with Crippen molar-refractivity contribution < 1.29 is 5.11 Å². The average molecular weight is 236 g/mol. The fourth-order valence-corrected chi connectivity index (χ4v) is 1.14. The van der Waals surface area contributed by atoms with Gasteiger partial charge in [-0.2, -0.15) is 5.26 Å². The molecule has 0 radical (unpaired) electrons. The third-order valence-electron chi connectivity index (χ3n) is 1.88. The van der Waals surface area contributed by atoms with E-state index in [2.05, 4.69) is 0 Å². The van der Waals surface area contributed by atoms with E-state index >= 15 is 0 Å². The fourth-order valence-electron chi connectivity index (χ4n) is 1.14. The molecule has 0 fully saturated rings. The molecule has 1 atom stereocenters. The molecule has 0 aliphatic carbocycles. The third kappa shape index (κ3) is 7.37. The highest BCUT2D eigenvalue weighted by atomic mass is 16.3. The Balaban J connectivity index is 0. The molecule has 0 saturated heterocycles. The number of aromatic hydroxyl groups is 1. The van der Waals surface area contributed by atoms with Crippen molar-refractivity contribution in [1.29, 1.82) is 5.26 Å². The monoisotopic (exact) mass is 236 g/mol. The number of nitrogens with zero attached hydrogens (tertiary/aromatic N) is 1. The molecule has 3 nitrogen and oxygen atoms in total. The van der Waals surface area contributed by atoms with Gasteiger partial charge in [-0.05, 0) is 24.1 Å². The van der Waals surface area contributed by atoms with Crippen molar-refractivity contribution in [3.8, 4) is 11.8 Å². The largest absolute Gasteiger partial charge is 0.508 e. The molecule has 0 aliphatic rings. The Morgan fingerprint density at radius 3 is 2.24 bits per heavy atom. The maximum absolute atomic E-state index is 9.24. The van der Waals surface area contributed by atoms with E-state index in [1.54, 1.807) is 12.1 Å². The maximum Gasteiger partial charge on any atom is 0.118 e. The normalized spacial score (nSPS) is 9.94. The van der Waals surface area contributed by atoms with Gasteiger partial charge in [-0.3, -0.25) is 0 Å². The molecule has 3 heteroatoms. The van der Waals surface area contributed by atoms with E-state index in [1.165, 1.54) is 0 Å². The van der Waals surface area contributed by atoms with Crippen molar-refractivity contribution in [2.45, 2.75) is 47.1 Å². The van der Waals surface area contributed by atoms with Crippen LogP contribution in [0.3, 0.4) is 0 Å². The first-order valence-electron chi connectivity index (χ1n) is 6.07. The molecule has 17 heavy (non-hydrogen) atoms. The predicted molar refractivity (Wildman–Crippen MR) is 72.8 cm³/mol. The molecule has 0 heterocycles. The highest BCUT2D eigenvalue weighted by molar-refractivity contribution is 5.35. The Kier molecular flexibility index (Phi) is 11.5. The molecule has 0 saturated carbocycles. The quantitative estimate of drug-likeness (QED) is 0.828. The smallest absolute Gasteiger partial charge is 0.118 e. The standard InChI is InChI=1S/C10H12N2O.2C2H6/c1-7-4-8(2-3-10(7)13)5-9(12)6-11;2*1-2/h2-4,9,13H,5,12H2,1H3;2*1-2H3. The summed E-state index contributed by atoms with van der Waals surface area (Å²) in [5.74, 6) is 0.272. The summed E-state index contributed by atoms with van der Waals surface area (Å²) in [6.07, 6.45) is 0.525. The molecule has 1 aromatic carbocycles. The summed E-state index contributed by atoms with van der Waals surface area (Å²) >= 11 is 0. The molecule has 1 aromatic rings. The SMILES string of the molecule is CC.CC.Cc1cc(CC(N)C#N)ccc1O. The number of benzene rings is 1. The van der Waals surface area contributed by atoms with Gasteiger partial charge < -0.3 is 10.8 Å². The van der Waals surface area contributed by atoms with Gasteiger partial charge in [-0.25, -0.2) is 0 Å². The second-order valence-corrected chi connectivity index (χ2v) is 3.06. The van der Waals surface area contributed by atoms with Crippen LogP contribution >= 0.6 is 0 Å². The zero-order valence-electron chi connectivity index (χ0n) is 11.5. The van der Waals surface area contributed by atoms with E-state index in [0.717, 1.165) is 11.1 Å². The number of phenols is 1. The van der Waals surface area contributed by atoms with Gasteiger partial charge in [0.2, 0.25) is 0 Å². The number of nitrogens with two attached hydrogens (primary N) is 1. The Hall–Kier alpha value is -1.53. The minimum Gasteiger partial charge on any atom is -0.508 e. The van der Waals surface area contributed by atoms with Crippen molar-refractivity contribution >= 4 is 0 Å². The molecule has 1 rings (SSSR count). The van der Waals surface area contributed by atoms with Crippen LogP contribution in [-0.4, -0.2) is 11.1 Å². The Bertz CT molecular complexity index is 343. The van der Waals surface area contributed by atoms with E-state index in [-0.39, 0.29) is 5.75 Å². The summed E-state index contributed by atoms with van der Waals surface area (Å²) in [7, 11) is 0. The van der Waals surface area contributed by atoms with Crippen molar-refractivity contribution in [1.82, 2.24) is 0 Å². The summed E-state index contributed by atoms with van der Waals surface area (Å²) in [5, 5.41) is 17.7. The van der Waals surface area contributed by atoms with Gasteiger partial charge in [-0.1, -0.05) is 39.8 Å². The molecule has 0 aromatic heterocycles. The molecule has 0 aliphatic heterocycles. The highest BCUT2D eigenvalue weighted by Gasteiger charge is 2.03. The van der Waals surface area contributed by atoms with Crippen LogP contribution < -0.4 is 5.73 Å². The number of rotatable bonds is 2. The van der Waals surface area contributed by atoms with E-state index in [0.29, 0.717) is 6.42 Å². The Morgan fingerprint density at radius 1 is 1.29 bits per heavy atom. The minimum atomic E-state index is -0.469. The molecular formula is C14H24N2O. The van der Waals surface area contributed by atoms with Gasteiger partial charge in [0, 0.05) is 6.42 Å². The summed E-state index contributed by atoms with van der Waals surface area (Å²) in [6.45, 7) is 9.82. The number of hydrogen-bond acceptors (Lipinski definition) is 3. The number of hydrogen-bond donors (Lipinski definition) is 2. The molecule has 0 bridgehead atoms. The summed E-state index contributed by atoms with van der Waals surface area (Å²) in [6, 6.07) is 6.73. The molecular weight excluding hydrogens is 212 g/mol. The van der Waals surface area contributed by atoms with Crippen molar-refractivity contribution in [3.63, 3.8) is 0 Å². The Labute approximate surface area is 105 Å². The van der Waals surface area contributed by atoms with Gasteiger partial charge in [0.15, 0.2) is 0 Å². The number of phenolic OH excluding ortho intramolecular Hbond substituents is 1. The van der Waals surface area contributed by atoms with Crippen LogP contribution in [0.5, 0.6) is 5.75 Å². The maximum atomic E-state index is 9.24. The lowest BCUT2D eigenvalue weighted by Gasteiger charge is -2.05. The summed E-state index contributed by atoms with van der Waals surface area (Å²) < 4.78 is 0. The van der Waals surface area contributed by atoms with Gasteiger partial charge in [0.05, 0.1) is 12.1 Å². The van der Waals surface area contributed by atoms with Gasteiger partial charge in [0.25, 0.3) is 0 Å². The van der Waals surface area contributed by atoms with Crippen LogP contribution in [-0.2, 0) is 6.42 Å². The summed E-state index contributed by atoms with van der Waals surface area (Å²) in [4.78, 5) is 0. The first-order chi connectivity index (χ1) is 8.13. The number of nitriles is 1. The first kappa shape index (κ1) is 17.9. The average Bonchev–Trinajstić information content (AvgIpc) is 2.38. The fraction of sp³-hybridized carbons (Fsp3) is 0.500. The van der Waals surface area contributed by atoms with E-state index < -0.39 is 6.04 Å². The lowest BCUT2D eigenvalue weighted by Crippen LogP contribution is -2.19. The first-order valence-corrected chi connectivity index (χ1v) is 6.07. The zero-order chi connectivity index (χ0) is 13.8. The third-order valence-corrected chi connectivity index (χ3v) is 1.88. The lowest BCUT2D eigenvalue weighted by molar-refractivity contribution is 0.471. The molecule has 0 amide bonds. The van der Waals surface area contributed by atoms with Crippen molar-refractivity contribution in [2.75, 3.05) is 0 Å².